The fourth-order valence-electron chi connectivity index (χ4n) is 3.73. The Morgan fingerprint density at radius 3 is 2.29 bits per heavy atom. The Hall–Kier alpha value is -0.900. The summed E-state index contributed by atoms with van der Waals surface area (Å²) in [5.41, 5.74) is 0.254. The topological polar surface area (TPSA) is 70.0 Å². The molecule has 2 rings (SSSR count). The van der Waals surface area contributed by atoms with Crippen molar-refractivity contribution < 1.29 is 8.42 Å². The summed E-state index contributed by atoms with van der Waals surface area (Å²) >= 11 is 1.02. The predicted molar refractivity (Wildman–Crippen MR) is 84.6 cm³/mol. The predicted octanol–water partition coefficient (Wildman–Crippen LogP) is 3.50. The van der Waals surface area contributed by atoms with Crippen LogP contribution in [0.5, 0.6) is 0 Å². The average Bonchev–Trinajstić information content (AvgIpc) is 2.72. The molecule has 1 aromatic heterocycles. The first kappa shape index (κ1) is 16.5. The van der Waals surface area contributed by atoms with Gasteiger partial charge in [0.15, 0.2) is 0 Å². The molecule has 4 nitrogen and oxygen atoms in total. The fraction of sp³-hybridized carbons (Fsp3) is 0.667. The Balaban J connectivity index is 2.18. The zero-order valence-corrected chi connectivity index (χ0v) is 14.6. The number of nitrogens with one attached hydrogen (secondary N) is 1. The van der Waals surface area contributed by atoms with Gasteiger partial charge in [0.2, 0.25) is 10.0 Å². The molecule has 0 unspecified atom stereocenters. The molecule has 0 aromatic carbocycles. The van der Waals surface area contributed by atoms with Gasteiger partial charge in [0, 0.05) is 6.04 Å². The molecular formula is C15H22N2O2S2. The van der Waals surface area contributed by atoms with E-state index in [9.17, 15) is 8.42 Å². The van der Waals surface area contributed by atoms with E-state index in [1.165, 1.54) is 6.07 Å². The van der Waals surface area contributed by atoms with E-state index in [1.54, 1.807) is 6.07 Å². The van der Waals surface area contributed by atoms with Crippen LogP contribution in [-0.2, 0) is 10.0 Å². The SMILES string of the molecule is CC1(C)CC(NS(=O)(=O)c2ccc(C#N)s2)CC(C)(C)C1. The summed E-state index contributed by atoms with van der Waals surface area (Å²) in [6.45, 7) is 8.75. The number of hydrogen-bond donors (Lipinski definition) is 1. The number of sulfonamides is 1. The molecule has 1 aromatic rings. The molecule has 0 spiro atoms. The zero-order chi connectivity index (χ0) is 15.9. The van der Waals surface area contributed by atoms with Crippen molar-refractivity contribution in [2.45, 2.75) is 57.2 Å². The highest BCUT2D eigenvalue weighted by molar-refractivity contribution is 7.91. The lowest BCUT2D eigenvalue weighted by molar-refractivity contribution is 0.0934. The molecular weight excluding hydrogens is 304 g/mol. The van der Waals surface area contributed by atoms with Gasteiger partial charge in [-0.2, -0.15) is 5.26 Å². The normalized spacial score (nSPS) is 21.9. The second kappa shape index (κ2) is 5.38. The summed E-state index contributed by atoms with van der Waals surface area (Å²) < 4.78 is 27.9. The summed E-state index contributed by atoms with van der Waals surface area (Å²) in [6, 6.07) is 4.98. The number of nitriles is 1. The fourth-order valence-corrected chi connectivity index (χ4v) is 6.09. The third kappa shape index (κ3) is 4.06. The van der Waals surface area contributed by atoms with E-state index in [4.69, 9.17) is 5.26 Å². The highest BCUT2D eigenvalue weighted by atomic mass is 32.2. The van der Waals surface area contributed by atoms with Gasteiger partial charge in [-0.1, -0.05) is 27.7 Å². The van der Waals surface area contributed by atoms with Crippen LogP contribution in [0.4, 0.5) is 0 Å². The second-order valence-electron chi connectivity index (χ2n) is 7.46. The lowest BCUT2D eigenvalue weighted by atomic mass is 9.64. The van der Waals surface area contributed by atoms with Crippen molar-refractivity contribution in [3.05, 3.63) is 17.0 Å². The zero-order valence-electron chi connectivity index (χ0n) is 12.9. The summed E-state index contributed by atoms with van der Waals surface area (Å²) in [5.74, 6) is 0. The standard InChI is InChI=1S/C15H22N2O2S2/c1-14(2)7-11(8-15(3,4)10-14)17-21(18,19)13-6-5-12(9-16)20-13/h5-6,11,17H,7-8,10H2,1-4H3. The Labute approximate surface area is 131 Å². The van der Waals surface area contributed by atoms with E-state index in [0.717, 1.165) is 30.6 Å². The van der Waals surface area contributed by atoms with Gasteiger partial charge >= 0.3 is 0 Å². The maximum absolute atomic E-state index is 12.4. The van der Waals surface area contributed by atoms with Crippen molar-refractivity contribution in [2.24, 2.45) is 10.8 Å². The van der Waals surface area contributed by atoms with Crippen LogP contribution in [0.2, 0.25) is 0 Å². The quantitative estimate of drug-likeness (QED) is 0.924. The molecule has 0 radical (unpaired) electrons. The Morgan fingerprint density at radius 2 is 1.81 bits per heavy atom. The van der Waals surface area contributed by atoms with Crippen molar-refractivity contribution in [1.29, 1.82) is 5.26 Å². The molecule has 6 heteroatoms. The number of thiophene rings is 1. The Kier molecular flexibility index (Phi) is 4.22. The van der Waals surface area contributed by atoms with Crippen LogP contribution in [0.15, 0.2) is 16.3 Å². The molecule has 0 amide bonds. The van der Waals surface area contributed by atoms with E-state index in [1.807, 2.05) is 6.07 Å². The lowest BCUT2D eigenvalue weighted by Gasteiger charge is -2.44. The minimum atomic E-state index is -3.53. The van der Waals surface area contributed by atoms with E-state index >= 15 is 0 Å². The van der Waals surface area contributed by atoms with Crippen molar-refractivity contribution in [3.63, 3.8) is 0 Å². The van der Waals surface area contributed by atoms with Gasteiger partial charge in [-0.25, -0.2) is 13.1 Å². The van der Waals surface area contributed by atoms with Crippen molar-refractivity contribution >= 4 is 21.4 Å². The minimum Gasteiger partial charge on any atom is -0.207 e. The van der Waals surface area contributed by atoms with Crippen molar-refractivity contribution in [3.8, 4) is 6.07 Å². The smallest absolute Gasteiger partial charge is 0.207 e. The third-order valence-electron chi connectivity index (χ3n) is 3.83. The van der Waals surface area contributed by atoms with Crippen molar-refractivity contribution in [2.75, 3.05) is 0 Å². The molecule has 1 aliphatic carbocycles. The first-order chi connectivity index (χ1) is 9.53. The molecule has 0 atom stereocenters. The molecule has 1 N–H and O–H groups in total. The molecule has 0 aliphatic heterocycles. The van der Waals surface area contributed by atoms with E-state index in [-0.39, 0.29) is 21.1 Å². The molecule has 0 bridgehead atoms. The molecule has 0 saturated heterocycles. The van der Waals surface area contributed by atoms with Crippen LogP contribution in [-0.4, -0.2) is 14.5 Å². The first-order valence-corrected chi connectivity index (χ1v) is 9.35. The third-order valence-corrected chi connectivity index (χ3v) is 6.84. The van der Waals surface area contributed by atoms with E-state index in [0.29, 0.717) is 4.88 Å². The highest BCUT2D eigenvalue weighted by Crippen LogP contribution is 2.46. The van der Waals surface area contributed by atoms with Gasteiger partial charge in [-0.3, -0.25) is 0 Å². The summed E-state index contributed by atoms with van der Waals surface area (Å²) in [7, 11) is -3.53. The first-order valence-electron chi connectivity index (χ1n) is 7.05. The molecule has 1 saturated carbocycles. The van der Waals surface area contributed by atoms with Crippen LogP contribution in [0, 0.1) is 22.2 Å². The number of hydrogen-bond acceptors (Lipinski definition) is 4. The Morgan fingerprint density at radius 1 is 1.24 bits per heavy atom. The number of nitrogens with zero attached hydrogens (tertiary/aromatic N) is 1. The van der Waals surface area contributed by atoms with Gasteiger partial charge in [0.1, 0.15) is 15.2 Å². The summed E-state index contributed by atoms with van der Waals surface area (Å²) in [6.07, 6.45) is 2.77. The van der Waals surface area contributed by atoms with Gasteiger partial charge in [0.05, 0.1) is 0 Å². The van der Waals surface area contributed by atoms with Gasteiger partial charge < -0.3 is 0 Å². The Bertz CT molecular complexity index is 650. The maximum atomic E-state index is 12.4. The molecule has 21 heavy (non-hydrogen) atoms. The highest BCUT2D eigenvalue weighted by Gasteiger charge is 2.40. The monoisotopic (exact) mass is 326 g/mol. The number of rotatable bonds is 3. The molecule has 116 valence electrons. The summed E-state index contributed by atoms with van der Waals surface area (Å²) in [5, 5.41) is 8.82. The largest absolute Gasteiger partial charge is 0.250 e. The lowest BCUT2D eigenvalue weighted by Crippen LogP contribution is -2.45. The molecule has 1 fully saturated rings. The van der Waals surface area contributed by atoms with Crippen LogP contribution < -0.4 is 4.72 Å². The van der Waals surface area contributed by atoms with Crippen LogP contribution in [0.1, 0.15) is 51.8 Å². The maximum Gasteiger partial charge on any atom is 0.250 e. The van der Waals surface area contributed by atoms with Gasteiger partial charge in [0.25, 0.3) is 0 Å². The molecule has 1 aliphatic rings. The summed E-state index contributed by atoms with van der Waals surface area (Å²) in [4.78, 5) is 0.416. The van der Waals surface area contributed by atoms with Gasteiger partial charge in [-0.05, 0) is 42.2 Å². The van der Waals surface area contributed by atoms with Crippen LogP contribution in [0.3, 0.4) is 0 Å². The van der Waals surface area contributed by atoms with Crippen molar-refractivity contribution in [1.82, 2.24) is 4.72 Å². The average molecular weight is 326 g/mol. The molecule has 1 heterocycles. The van der Waals surface area contributed by atoms with E-state index < -0.39 is 10.0 Å². The van der Waals surface area contributed by atoms with E-state index in [2.05, 4.69) is 32.4 Å². The minimum absolute atomic E-state index is 0.0543. The van der Waals surface area contributed by atoms with Crippen LogP contribution >= 0.6 is 11.3 Å². The van der Waals surface area contributed by atoms with Gasteiger partial charge in [-0.15, -0.1) is 11.3 Å². The van der Waals surface area contributed by atoms with Crippen LogP contribution in [0.25, 0.3) is 0 Å². The second-order valence-corrected chi connectivity index (χ2v) is 10.5.